The molecule has 0 aliphatic carbocycles. The lowest BCUT2D eigenvalue weighted by atomic mass is 10.2. The van der Waals surface area contributed by atoms with Gasteiger partial charge in [-0.1, -0.05) is 12.2 Å². The predicted octanol–water partition coefficient (Wildman–Crippen LogP) is 1.85. The van der Waals surface area contributed by atoms with E-state index >= 15 is 0 Å². The van der Waals surface area contributed by atoms with E-state index in [0.29, 0.717) is 0 Å². The van der Waals surface area contributed by atoms with Crippen molar-refractivity contribution in [2.24, 2.45) is 0 Å². The van der Waals surface area contributed by atoms with E-state index in [4.69, 9.17) is 14.2 Å². The lowest BCUT2D eigenvalue weighted by Gasteiger charge is -2.31. The number of hydrogen-bond donors (Lipinski definition) is 0. The van der Waals surface area contributed by atoms with Crippen LogP contribution >= 0.6 is 0 Å². The van der Waals surface area contributed by atoms with Crippen molar-refractivity contribution >= 4 is 5.97 Å². The highest BCUT2D eigenvalue weighted by molar-refractivity contribution is 5.65. The second-order valence-electron chi connectivity index (χ2n) is 4.65. The minimum absolute atomic E-state index is 0.226. The minimum Gasteiger partial charge on any atom is -0.463 e. The molecule has 1 rings (SSSR count). The van der Waals surface area contributed by atoms with Crippen LogP contribution in [-0.4, -0.2) is 30.6 Å². The number of esters is 1. The molecule has 2 atom stereocenters. The van der Waals surface area contributed by atoms with Gasteiger partial charge in [0.1, 0.15) is 12.7 Å². The molecular weight excluding hydrogens is 208 g/mol. The van der Waals surface area contributed by atoms with Crippen LogP contribution in [-0.2, 0) is 19.0 Å². The van der Waals surface area contributed by atoms with Gasteiger partial charge in [-0.2, -0.15) is 0 Å². The summed E-state index contributed by atoms with van der Waals surface area (Å²) in [4.78, 5) is 10.7. The first kappa shape index (κ1) is 13.2. The van der Waals surface area contributed by atoms with Crippen molar-refractivity contribution in [2.45, 2.75) is 45.7 Å². The minimum atomic E-state index is -0.384. The summed E-state index contributed by atoms with van der Waals surface area (Å²) in [7, 11) is 0. The third-order valence-corrected chi connectivity index (χ3v) is 1.82. The topological polar surface area (TPSA) is 44.8 Å². The van der Waals surface area contributed by atoms with Gasteiger partial charge < -0.3 is 14.2 Å². The lowest BCUT2D eigenvalue weighted by molar-refractivity contribution is -0.200. The molecule has 4 nitrogen and oxygen atoms in total. The van der Waals surface area contributed by atoms with Crippen molar-refractivity contribution in [3.8, 4) is 0 Å². The maximum Gasteiger partial charge on any atom is 0.302 e. The molecule has 0 spiro atoms. The van der Waals surface area contributed by atoms with Gasteiger partial charge in [0.2, 0.25) is 0 Å². The van der Waals surface area contributed by atoms with Crippen LogP contribution in [0.5, 0.6) is 0 Å². The second-order valence-corrected chi connectivity index (χ2v) is 4.65. The van der Waals surface area contributed by atoms with Crippen LogP contribution in [0.25, 0.3) is 0 Å². The van der Waals surface area contributed by atoms with Crippen LogP contribution in [0.4, 0.5) is 0 Å². The van der Waals surface area contributed by atoms with E-state index in [1.54, 1.807) is 0 Å². The van der Waals surface area contributed by atoms with Gasteiger partial charge in [0.05, 0.1) is 5.60 Å². The van der Waals surface area contributed by atoms with Crippen LogP contribution in [0.2, 0.25) is 0 Å². The molecule has 91 valence electrons. The van der Waals surface area contributed by atoms with Crippen molar-refractivity contribution in [1.29, 1.82) is 0 Å². The van der Waals surface area contributed by atoms with Gasteiger partial charge in [0.25, 0.3) is 0 Å². The summed E-state index contributed by atoms with van der Waals surface area (Å²) in [5.41, 5.74) is -0.266. The summed E-state index contributed by atoms with van der Waals surface area (Å²) >= 11 is 0. The van der Waals surface area contributed by atoms with Crippen molar-refractivity contribution in [2.75, 3.05) is 6.61 Å². The van der Waals surface area contributed by atoms with E-state index in [-0.39, 0.29) is 30.6 Å². The summed E-state index contributed by atoms with van der Waals surface area (Å²) in [5, 5.41) is 0. The molecule has 1 aliphatic heterocycles. The highest BCUT2D eigenvalue weighted by Crippen LogP contribution is 2.19. The molecule has 1 aliphatic rings. The van der Waals surface area contributed by atoms with E-state index in [2.05, 4.69) is 0 Å². The van der Waals surface area contributed by atoms with Gasteiger partial charge in [-0.25, -0.2) is 0 Å². The number of carbonyl (C=O) groups is 1. The fraction of sp³-hybridized carbons (Fsp3) is 0.667. The van der Waals surface area contributed by atoms with Crippen molar-refractivity contribution in [1.82, 2.24) is 0 Å². The standard InChI is InChI=1S/C12H19O4/c1-9(13)14-8-10-6-5-7-11(15-10)16-12(2,3)4/h5-7,10-11H,8H2,1-4H3/t10-,11-/m0/s1. The Bertz CT molecular complexity index is 265. The molecule has 0 aromatic heterocycles. The molecule has 0 bridgehead atoms. The Hall–Kier alpha value is -0.870. The molecule has 0 amide bonds. The summed E-state index contributed by atoms with van der Waals surface area (Å²) in [6.07, 6.45) is 4.92. The largest absolute Gasteiger partial charge is 0.463 e. The Morgan fingerprint density at radius 3 is 2.69 bits per heavy atom. The number of hydrogen-bond acceptors (Lipinski definition) is 4. The van der Waals surface area contributed by atoms with E-state index in [9.17, 15) is 4.79 Å². The van der Waals surface area contributed by atoms with Crippen LogP contribution in [0, 0.1) is 6.42 Å². The summed E-state index contributed by atoms with van der Waals surface area (Å²) < 4.78 is 16.1. The first-order valence-corrected chi connectivity index (χ1v) is 5.35. The van der Waals surface area contributed by atoms with E-state index in [1.165, 1.54) is 6.92 Å². The smallest absolute Gasteiger partial charge is 0.302 e. The monoisotopic (exact) mass is 227 g/mol. The van der Waals surface area contributed by atoms with Crippen molar-refractivity contribution in [3.05, 3.63) is 18.6 Å². The molecule has 4 heteroatoms. The average molecular weight is 227 g/mol. The quantitative estimate of drug-likeness (QED) is 0.690. The fourth-order valence-corrected chi connectivity index (χ4v) is 1.25. The Morgan fingerprint density at radius 1 is 1.44 bits per heavy atom. The number of rotatable bonds is 3. The molecule has 1 heterocycles. The van der Waals surface area contributed by atoms with Gasteiger partial charge in [-0.05, 0) is 20.8 Å². The molecule has 0 saturated carbocycles. The Balaban J connectivity index is 2.38. The first-order chi connectivity index (χ1) is 7.37. The molecule has 0 unspecified atom stereocenters. The summed E-state index contributed by atoms with van der Waals surface area (Å²) in [6.45, 7) is 7.49. The molecule has 0 N–H and O–H groups in total. The van der Waals surface area contributed by atoms with Gasteiger partial charge in [-0.15, -0.1) is 0 Å². The maximum absolute atomic E-state index is 10.7. The van der Waals surface area contributed by atoms with Gasteiger partial charge in [-0.3, -0.25) is 4.79 Å². The Morgan fingerprint density at radius 2 is 2.12 bits per heavy atom. The highest BCUT2D eigenvalue weighted by atomic mass is 16.7. The molecule has 0 aromatic carbocycles. The summed E-state index contributed by atoms with van der Waals surface area (Å²) in [5.74, 6) is -0.306. The second kappa shape index (κ2) is 5.46. The Labute approximate surface area is 96.6 Å². The third kappa shape index (κ3) is 5.28. The number of ether oxygens (including phenoxy) is 3. The zero-order valence-electron chi connectivity index (χ0n) is 10.2. The van der Waals surface area contributed by atoms with Crippen molar-refractivity contribution < 1.29 is 19.0 Å². The number of carbonyl (C=O) groups excluding carboxylic acids is 1. The molecular formula is C12H19O4. The maximum atomic E-state index is 10.7. The van der Waals surface area contributed by atoms with Crippen LogP contribution in [0.3, 0.4) is 0 Å². The average Bonchev–Trinajstić information content (AvgIpc) is 2.12. The molecule has 0 saturated heterocycles. The van der Waals surface area contributed by atoms with Gasteiger partial charge >= 0.3 is 5.97 Å². The van der Waals surface area contributed by atoms with Crippen LogP contribution in [0.15, 0.2) is 12.2 Å². The zero-order chi connectivity index (χ0) is 12.2. The molecule has 16 heavy (non-hydrogen) atoms. The zero-order valence-corrected chi connectivity index (χ0v) is 10.2. The third-order valence-electron chi connectivity index (χ3n) is 1.82. The summed E-state index contributed by atoms with van der Waals surface area (Å²) in [6, 6.07) is 0. The Kier molecular flexibility index (Phi) is 4.50. The fourth-order valence-electron chi connectivity index (χ4n) is 1.25. The van der Waals surface area contributed by atoms with Crippen LogP contribution < -0.4 is 0 Å². The molecule has 0 aromatic rings. The first-order valence-electron chi connectivity index (χ1n) is 5.35. The normalized spacial score (nSPS) is 25.5. The van der Waals surface area contributed by atoms with E-state index in [1.807, 2.05) is 39.3 Å². The lowest BCUT2D eigenvalue weighted by Crippen LogP contribution is -2.35. The van der Waals surface area contributed by atoms with Gasteiger partial charge in [0, 0.05) is 13.3 Å². The van der Waals surface area contributed by atoms with E-state index < -0.39 is 0 Å². The van der Waals surface area contributed by atoms with E-state index in [0.717, 1.165) is 0 Å². The van der Waals surface area contributed by atoms with Gasteiger partial charge in [0.15, 0.2) is 6.29 Å². The predicted molar refractivity (Wildman–Crippen MR) is 59.6 cm³/mol. The van der Waals surface area contributed by atoms with Crippen LogP contribution in [0.1, 0.15) is 27.7 Å². The SMILES string of the molecule is CC(=O)OC[C@@H]1C=C[CH][C@H](OC(C)(C)C)O1. The molecule has 0 fully saturated rings. The van der Waals surface area contributed by atoms with Crippen molar-refractivity contribution in [3.63, 3.8) is 0 Å². The molecule has 1 radical (unpaired) electrons. The highest BCUT2D eigenvalue weighted by Gasteiger charge is 2.24.